The second kappa shape index (κ2) is 10.5. The van der Waals surface area contributed by atoms with Gasteiger partial charge in [0.05, 0.1) is 22.3 Å². The molecule has 1 N–H and O–H groups in total. The molecule has 0 saturated heterocycles. The van der Waals surface area contributed by atoms with E-state index >= 15 is 0 Å². The van der Waals surface area contributed by atoms with Crippen LogP contribution < -0.4 is 10.1 Å². The molecule has 1 aliphatic rings. The third-order valence-corrected chi connectivity index (χ3v) is 8.07. The molecule has 5 nitrogen and oxygen atoms in total. The van der Waals surface area contributed by atoms with Crippen LogP contribution in [0.1, 0.15) is 41.4 Å². The molecule has 0 unspecified atom stereocenters. The predicted molar refractivity (Wildman–Crippen MR) is 160 cm³/mol. The molecule has 198 valence electrons. The van der Waals surface area contributed by atoms with Gasteiger partial charge in [0.2, 0.25) is 0 Å². The van der Waals surface area contributed by atoms with Gasteiger partial charge >= 0.3 is 0 Å². The van der Waals surface area contributed by atoms with Crippen LogP contribution in [-0.4, -0.2) is 21.5 Å². The summed E-state index contributed by atoms with van der Waals surface area (Å²) in [4.78, 5) is 14.1. The fraction of sp³-hybridized carbons (Fsp3) is 0.219. The second-order valence-corrected chi connectivity index (χ2v) is 10.7. The van der Waals surface area contributed by atoms with Crippen LogP contribution in [0.15, 0.2) is 72.9 Å². The van der Waals surface area contributed by atoms with E-state index in [4.69, 9.17) is 27.9 Å². The lowest BCUT2D eigenvalue weighted by atomic mass is 9.97. The number of benzene rings is 3. The lowest BCUT2D eigenvalue weighted by molar-refractivity contribution is 0.102. The van der Waals surface area contributed by atoms with Gasteiger partial charge in [-0.05, 0) is 75.1 Å². The molecule has 0 spiro atoms. The molecule has 0 atom stereocenters. The Morgan fingerprint density at radius 3 is 2.41 bits per heavy atom. The first-order valence-corrected chi connectivity index (χ1v) is 14.0. The van der Waals surface area contributed by atoms with Crippen LogP contribution in [0.5, 0.6) is 5.75 Å². The number of imidazole rings is 1. The molecule has 0 aliphatic carbocycles. The Hall–Kier alpha value is -3.67. The second-order valence-electron chi connectivity index (χ2n) is 9.93. The summed E-state index contributed by atoms with van der Waals surface area (Å²) in [6.07, 6.45) is 5.02. The van der Waals surface area contributed by atoms with E-state index < -0.39 is 0 Å². The molecular formula is C32H29Cl2N3O2. The van der Waals surface area contributed by atoms with E-state index in [0.29, 0.717) is 22.3 Å². The van der Waals surface area contributed by atoms with E-state index in [9.17, 15) is 4.79 Å². The average molecular weight is 559 g/mol. The molecule has 0 radical (unpaired) electrons. The maximum atomic E-state index is 14.1. The summed E-state index contributed by atoms with van der Waals surface area (Å²) < 4.78 is 10.1. The van der Waals surface area contributed by atoms with Crippen LogP contribution in [0.3, 0.4) is 0 Å². The molecular weight excluding hydrogens is 529 g/mol. The van der Waals surface area contributed by atoms with Gasteiger partial charge < -0.3 is 14.6 Å². The SMILES string of the molecule is CCOc1ccc(-c2c3c4n(c(-c5ccc(Cl)c(Cl)c5)cn4c2C(=O)Nc2ccc(C)cc2)CCCC3)cc1. The number of carbonyl (C=O) groups is 1. The fourth-order valence-electron chi connectivity index (χ4n) is 5.52. The van der Waals surface area contributed by atoms with E-state index in [1.807, 2.05) is 80.6 Å². The molecule has 5 aromatic rings. The van der Waals surface area contributed by atoms with Gasteiger partial charge in [0.25, 0.3) is 5.91 Å². The van der Waals surface area contributed by atoms with E-state index in [2.05, 4.69) is 20.5 Å². The summed E-state index contributed by atoms with van der Waals surface area (Å²) in [6, 6.07) is 21.6. The maximum Gasteiger partial charge on any atom is 0.273 e. The van der Waals surface area contributed by atoms with Crippen molar-refractivity contribution in [1.29, 1.82) is 0 Å². The number of nitrogens with zero attached hydrogens (tertiary/aromatic N) is 2. The van der Waals surface area contributed by atoms with Crippen molar-refractivity contribution < 1.29 is 9.53 Å². The standard InChI is InChI=1S/C32H29Cl2N3O2/c1-3-39-24-14-9-21(10-15-24)29-25-6-4-5-17-36-28(22-11-16-26(33)27(34)18-22)19-37(32(25)36)30(29)31(38)35-23-12-7-20(2)8-13-23/h7-16,18-19H,3-6,17H2,1-2H3,(H,35,38). The van der Waals surface area contributed by atoms with Crippen molar-refractivity contribution in [2.24, 2.45) is 0 Å². The number of hydrogen-bond acceptors (Lipinski definition) is 2. The van der Waals surface area contributed by atoms with Gasteiger partial charge in [0.15, 0.2) is 0 Å². The zero-order valence-corrected chi connectivity index (χ0v) is 23.4. The highest BCUT2D eigenvalue weighted by molar-refractivity contribution is 6.42. The average Bonchev–Trinajstić information content (AvgIpc) is 3.35. The third-order valence-electron chi connectivity index (χ3n) is 7.33. The van der Waals surface area contributed by atoms with Gasteiger partial charge in [-0.3, -0.25) is 9.20 Å². The third kappa shape index (κ3) is 4.70. The Kier molecular flexibility index (Phi) is 6.88. The molecule has 0 fully saturated rings. The summed E-state index contributed by atoms with van der Waals surface area (Å²) >= 11 is 12.6. The van der Waals surface area contributed by atoms with E-state index in [0.717, 1.165) is 70.8 Å². The van der Waals surface area contributed by atoms with Gasteiger partial charge in [-0.15, -0.1) is 0 Å². The molecule has 1 aliphatic heterocycles. The van der Waals surface area contributed by atoms with Crippen molar-refractivity contribution in [2.45, 2.75) is 39.7 Å². The molecule has 0 bridgehead atoms. The normalized spacial score (nSPS) is 12.9. The Labute approximate surface area is 237 Å². The molecule has 1 amide bonds. The zero-order valence-electron chi connectivity index (χ0n) is 21.9. The molecule has 2 aromatic heterocycles. The number of anilines is 1. The van der Waals surface area contributed by atoms with Gasteiger partial charge in [-0.1, -0.05) is 59.1 Å². The molecule has 3 aromatic carbocycles. The van der Waals surface area contributed by atoms with Crippen LogP contribution in [0.2, 0.25) is 10.0 Å². The van der Waals surface area contributed by atoms with Crippen LogP contribution in [0.4, 0.5) is 5.69 Å². The first-order chi connectivity index (χ1) is 18.9. The minimum atomic E-state index is -0.151. The largest absolute Gasteiger partial charge is 0.494 e. The van der Waals surface area contributed by atoms with Crippen LogP contribution in [-0.2, 0) is 13.0 Å². The van der Waals surface area contributed by atoms with Crippen molar-refractivity contribution in [1.82, 2.24) is 8.97 Å². The summed E-state index contributed by atoms with van der Waals surface area (Å²) in [6.45, 7) is 5.46. The van der Waals surface area contributed by atoms with Crippen molar-refractivity contribution in [3.8, 4) is 28.1 Å². The first kappa shape index (κ1) is 25.6. The number of nitrogens with one attached hydrogen (secondary N) is 1. The Bertz CT molecular complexity index is 1680. The number of aryl methyl sites for hydroxylation is 3. The number of ether oxygens (including phenoxy) is 1. The topological polar surface area (TPSA) is 47.7 Å². The van der Waals surface area contributed by atoms with Gasteiger partial charge in [0.1, 0.15) is 17.1 Å². The van der Waals surface area contributed by atoms with Crippen molar-refractivity contribution in [3.05, 3.63) is 99.8 Å². The fourth-order valence-corrected chi connectivity index (χ4v) is 5.82. The van der Waals surface area contributed by atoms with Crippen LogP contribution >= 0.6 is 23.2 Å². The summed E-state index contributed by atoms with van der Waals surface area (Å²) in [5, 5.41) is 4.17. The Balaban J connectivity index is 1.58. The number of rotatable bonds is 6. The monoisotopic (exact) mass is 557 g/mol. The summed E-state index contributed by atoms with van der Waals surface area (Å²) in [5.74, 6) is 0.662. The summed E-state index contributed by atoms with van der Waals surface area (Å²) in [5.41, 5.74) is 8.68. The number of halogens is 2. The van der Waals surface area contributed by atoms with E-state index in [1.54, 1.807) is 0 Å². The zero-order chi connectivity index (χ0) is 27.1. The minimum Gasteiger partial charge on any atom is -0.494 e. The number of hydrogen-bond donors (Lipinski definition) is 1. The van der Waals surface area contributed by atoms with Gasteiger partial charge in [-0.2, -0.15) is 0 Å². The number of amides is 1. The number of aromatic nitrogens is 2. The highest BCUT2D eigenvalue weighted by atomic mass is 35.5. The highest BCUT2D eigenvalue weighted by Crippen LogP contribution is 2.41. The van der Waals surface area contributed by atoms with Crippen LogP contribution in [0, 0.1) is 6.92 Å². The maximum absolute atomic E-state index is 14.1. The Morgan fingerprint density at radius 2 is 1.69 bits per heavy atom. The van der Waals surface area contributed by atoms with E-state index in [-0.39, 0.29) is 5.91 Å². The molecule has 3 heterocycles. The molecule has 6 rings (SSSR count). The quantitative estimate of drug-likeness (QED) is 0.227. The van der Waals surface area contributed by atoms with Gasteiger partial charge in [0, 0.05) is 35.1 Å². The van der Waals surface area contributed by atoms with Crippen molar-refractivity contribution >= 4 is 40.4 Å². The van der Waals surface area contributed by atoms with Crippen LogP contribution in [0.25, 0.3) is 28.0 Å². The predicted octanol–water partition coefficient (Wildman–Crippen LogP) is 8.68. The van der Waals surface area contributed by atoms with Crippen molar-refractivity contribution in [3.63, 3.8) is 0 Å². The molecule has 0 saturated carbocycles. The minimum absolute atomic E-state index is 0.151. The number of carbonyl (C=O) groups excluding carboxylic acids is 1. The lowest BCUT2D eigenvalue weighted by Gasteiger charge is -2.11. The van der Waals surface area contributed by atoms with E-state index in [1.165, 1.54) is 5.56 Å². The molecule has 39 heavy (non-hydrogen) atoms. The smallest absolute Gasteiger partial charge is 0.273 e. The molecule has 7 heteroatoms. The Morgan fingerprint density at radius 1 is 0.949 bits per heavy atom. The lowest BCUT2D eigenvalue weighted by Crippen LogP contribution is -2.15. The van der Waals surface area contributed by atoms with Gasteiger partial charge in [-0.25, -0.2) is 0 Å². The summed E-state index contributed by atoms with van der Waals surface area (Å²) in [7, 11) is 0. The van der Waals surface area contributed by atoms with Crippen molar-refractivity contribution in [2.75, 3.05) is 11.9 Å². The first-order valence-electron chi connectivity index (χ1n) is 13.3. The highest BCUT2D eigenvalue weighted by Gasteiger charge is 2.29.